The molecule has 3 N–H and O–H groups in total. The Morgan fingerprint density at radius 1 is 1.39 bits per heavy atom. The first-order chi connectivity index (χ1) is 8.22. The molecule has 0 aromatic carbocycles. The summed E-state index contributed by atoms with van der Waals surface area (Å²) in [5.74, 6) is 0. The SMILES string of the molecule is COC(=N)N(C(=O)NSCF)C(=O)NC(C)(C)C. The maximum atomic E-state index is 11.9. The number of nitrogens with zero attached hydrogens (tertiary/aromatic N) is 1. The summed E-state index contributed by atoms with van der Waals surface area (Å²) in [5.41, 5.74) is -0.586. The van der Waals surface area contributed by atoms with E-state index in [1.807, 2.05) is 0 Å². The second kappa shape index (κ2) is 7.04. The lowest BCUT2D eigenvalue weighted by atomic mass is 10.1. The van der Waals surface area contributed by atoms with Gasteiger partial charge in [0.15, 0.2) is 6.01 Å². The smallest absolute Gasteiger partial charge is 0.343 e. The summed E-state index contributed by atoms with van der Waals surface area (Å²) >= 11 is 0.468. The van der Waals surface area contributed by atoms with Crippen LogP contribution in [-0.2, 0) is 4.74 Å². The van der Waals surface area contributed by atoms with E-state index in [1.165, 1.54) is 0 Å². The number of rotatable bonds is 2. The summed E-state index contributed by atoms with van der Waals surface area (Å²) in [6.45, 7) is 5.15. The topological polar surface area (TPSA) is 94.5 Å². The first-order valence-corrected chi connectivity index (χ1v) is 5.94. The molecule has 0 aliphatic heterocycles. The number of methoxy groups -OCH3 is 1. The Balaban J connectivity index is 4.83. The van der Waals surface area contributed by atoms with Gasteiger partial charge in [-0.2, -0.15) is 4.90 Å². The Morgan fingerprint density at radius 2 is 1.94 bits per heavy atom. The Kier molecular flexibility index (Phi) is 6.45. The number of ether oxygens (including phenoxy) is 1. The molecule has 0 aromatic rings. The van der Waals surface area contributed by atoms with Crippen LogP contribution >= 0.6 is 11.9 Å². The highest BCUT2D eigenvalue weighted by Gasteiger charge is 2.29. The van der Waals surface area contributed by atoms with E-state index >= 15 is 0 Å². The number of amidine groups is 1. The molecule has 0 saturated carbocycles. The molecule has 0 heterocycles. The molecule has 18 heavy (non-hydrogen) atoms. The fourth-order valence-electron chi connectivity index (χ4n) is 0.879. The summed E-state index contributed by atoms with van der Waals surface area (Å²) in [5, 5.41) is 9.87. The molecule has 0 atom stereocenters. The normalized spacial score (nSPS) is 10.5. The predicted molar refractivity (Wildman–Crippen MR) is 67.0 cm³/mol. The zero-order valence-electron chi connectivity index (χ0n) is 10.7. The number of hydrogen-bond donors (Lipinski definition) is 3. The zero-order valence-corrected chi connectivity index (χ0v) is 11.5. The molecule has 0 spiro atoms. The standard InChI is InChI=1S/C9H17FN4O3S/c1-9(2,3)12-7(15)14(6(11)17-4)8(16)13-18-5-10/h11H,5H2,1-4H3,(H,12,15)(H,13,16). The van der Waals surface area contributed by atoms with Gasteiger partial charge in [0.05, 0.1) is 7.11 Å². The van der Waals surface area contributed by atoms with Gasteiger partial charge in [0.2, 0.25) is 0 Å². The minimum Gasteiger partial charge on any atom is -0.468 e. The van der Waals surface area contributed by atoms with E-state index in [9.17, 15) is 14.0 Å². The Hall–Kier alpha value is -1.51. The van der Waals surface area contributed by atoms with E-state index in [1.54, 1.807) is 20.8 Å². The number of hydrogen-bond acceptors (Lipinski definition) is 5. The first kappa shape index (κ1) is 16.5. The van der Waals surface area contributed by atoms with Gasteiger partial charge in [-0.15, -0.1) is 0 Å². The maximum Gasteiger partial charge on any atom is 0.343 e. The minimum absolute atomic E-state index is 0.438. The van der Waals surface area contributed by atoms with Gasteiger partial charge in [-0.3, -0.25) is 10.1 Å². The van der Waals surface area contributed by atoms with Crippen LogP contribution in [0.2, 0.25) is 0 Å². The van der Waals surface area contributed by atoms with Gasteiger partial charge in [-0.1, -0.05) is 0 Å². The van der Waals surface area contributed by atoms with Crippen molar-refractivity contribution in [3.05, 3.63) is 0 Å². The van der Waals surface area contributed by atoms with Crippen molar-refractivity contribution in [1.82, 2.24) is 14.9 Å². The molecule has 4 amide bonds. The van der Waals surface area contributed by atoms with Crippen molar-refractivity contribution in [1.29, 1.82) is 5.41 Å². The van der Waals surface area contributed by atoms with Crippen molar-refractivity contribution in [2.45, 2.75) is 26.3 Å². The maximum absolute atomic E-state index is 11.9. The number of nitrogens with one attached hydrogen (secondary N) is 3. The highest BCUT2D eigenvalue weighted by Crippen LogP contribution is 2.04. The fourth-order valence-corrected chi connectivity index (χ4v) is 1.15. The number of imide groups is 1. The van der Waals surface area contributed by atoms with Crippen molar-refractivity contribution >= 4 is 30.0 Å². The van der Waals surface area contributed by atoms with E-state index in [2.05, 4.69) is 14.8 Å². The average Bonchev–Trinajstić information content (AvgIpc) is 2.23. The van der Waals surface area contributed by atoms with Crippen LogP contribution in [0, 0.1) is 5.41 Å². The highest BCUT2D eigenvalue weighted by molar-refractivity contribution is 7.97. The van der Waals surface area contributed by atoms with Crippen LogP contribution in [0.5, 0.6) is 0 Å². The molecular formula is C9H17FN4O3S. The van der Waals surface area contributed by atoms with E-state index in [0.717, 1.165) is 7.11 Å². The summed E-state index contributed by atoms with van der Waals surface area (Å²) in [6, 6.07) is -3.29. The Morgan fingerprint density at radius 3 is 2.33 bits per heavy atom. The minimum atomic E-state index is -0.953. The van der Waals surface area contributed by atoms with Crippen molar-refractivity contribution in [2.75, 3.05) is 13.1 Å². The number of carbonyl (C=O) groups is 2. The molecule has 0 saturated heterocycles. The molecule has 9 heteroatoms. The number of halogens is 1. The van der Waals surface area contributed by atoms with Crippen molar-refractivity contribution < 1.29 is 18.7 Å². The van der Waals surface area contributed by atoms with Crippen LogP contribution in [0.4, 0.5) is 14.0 Å². The lowest BCUT2D eigenvalue weighted by Crippen LogP contribution is -2.54. The number of amides is 4. The Bertz CT molecular complexity index is 332. The van der Waals surface area contributed by atoms with Gasteiger partial charge in [-0.25, -0.2) is 14.0 Å². The van der Waals surface area contributed by atoms with Crippen molar-refractivity contribution in [3.8, 4) is 0 Å². The van der Waals surface area contributed by atoms with Crippen LogP contribution in [0.25, 0.3) is 0 Å². The second-order valence-electron chi connectivity index (χ2n) is 4.19. The monoisotopic (exact) mass is 280 g/mol. The molecule has 0 bridgehead atoms. The molecular weight excluding hydrogens is 263 g/mol. The zero-order chi connectivity index (χ0) is 14.3. The van der Waals surface area contributed by atoms with Crippen LogP contribution in [-0.4, -0.2) is 41.6 Å². The van der Waals surface area contributed by atoms with Crippen molar-refractivity contribution in [2.24, 2.45) is 0 Å². The fraction of sp³-hybridized carbons (Fsp3) is 0.667. The molecule has 0 radical (unpaired) electrons. The van der Waals surface area contributed by atoms with Gasteiger partial charge in [-0.05, 0) is 32.7 Å². The summed E-state index contributed by atoms with van der Waals surface area (Å²) in [6.07, 6.45) is 0. The van der Waals surface area contributed by atoms with Crippen molar-refractivity contribution in [3.63, 3.8) is 0 Å². The Labute approximate surface area is 109 Å². The predicted octanol–water partition coefficient (Wildman–Crippen LogP) is 1.66. The van der Waals surface area contributed by atoms with E-state index < -0.39 is 29.6 Å². The van der Waals surface area contributed by atoms with Gasteiger partial charge in [0.1, 0.15) is 0 Å². The third kappa shape index (κ3) is 5.71. The van der Waals surface area contributed by atoms with E-state index in [4.69, 9.17) is 5.41 Å². The molecule has 0 rings (SSSR count). The van der Waals surface area contributed by atoms with E-state index in [-0.39, 0.29) is 0 Å². The summed E-state index contributed by atoms with van der Waals surface area (Å²) < 4.78 is 18.5. The molecule has 0 aliphatic rings. The van der Waals surface area contributed by atoms with Gasteiger partial charge >= 0.3 is 18.1 Å². The van der Waals surface area contributed by atoms with Crippen LogP contribution < -0.4 is 10.0 Å². The number of alkyl halides is 1. The second-order valence-corrected chi connectivity index (χ2v) is 4.90. The lowest BCUT2D eigenvalue weighted by Gasteiger charge is -2.26. The molecule has 0 fully saturated rings. The highest BCUT2D eigenvalue weighted by atomic mass is 32.2. The number of carbonyl (C=O) groups excluding carboxylic acids is 2. The van der Waals surface area contributed by atoms with Gasteiger partial charge in [0, 0.05) is 5.54 Å². The van der Waals surface area contributed by atoms with Crippen LogP contribution in [0.15, 0.2) is 0 Å². The molecule has 7 nitrogen and oxygen atoms in total. The molecule has 104 valence electrons. The summed E-state index contributed by atoms with van der Waals surface area (Å²) in [4.78, 5) is 23.8. The van der Waals surface area contributed by atoms with E-state index in [0.29, 0.717) is 16.8 Å². The van der Waals surface area contributed by atoms with Crippen LogP contribution in [0.3, 0.4) is 0 Å². The number of urea groups is 2. The molecule has 0 aromatic heterocycles. The summed E-state index contributed by atoms with van der Waals surface area (Å²) in [7, 11) is 1.15. The first-order valence-electron chi connectivity index (χ1n) is 4.95. The molecule has 0 aliphatic carbocycles. The third-order valence-electron chi connectivity index (χ3n) is 1.50. The molecule has 0 unspecified atom stereocenters. The van der Waals surface area contributed by atoms with Gasteiger partial charge < -0.3 is 10.1 Å². The average molecular weight is 280 g/mol. The third-order valence-corrected chi connectivity index (χ3v) is 1.93. The quantitative estimate of drug-likeness (QED) is 0.407. The van der Waals surface area contributed by atoms with Crippen LogP contribution in [0.1, 0.15) is 20.8 Å². The lowest BCUT2D eigenvalue weighted by molar-refractivity contribution is 0.192. The largest absolute Gasteiger partial charge is 0.468 e. The van der Waals surface area contributed by atoms with Gasteiger partial charge in [0.25, 0.3) is 0 Å².